The number of pyridine rings is 1. The lowest BCUT2D eigenvalue weighted by molar-refractivity contribution is 0.102. The molecule has 1 N–H and O–H groups in total. The number of hydrogen-bond acceptors (Lipinski definition) is 5. The first-order chi connectivity index (χ1) is 13.6. The average Bonchev–Trinajstić information content (AvgIpc) is 3.23. The number of amides is 1. The Kier molecular flexibility index (Phi) is 5.97. The second kappa shape index (κ2) is 8.62. The number of aromatic nitrogens is 1. The summed E-state index contributed by atoms with van der Waals surface area (Å²) in [5.41, 5.74) is 3.32. The molecule has 2 aromatic rings. The van der Waals surface area contributed by atoms with Crippen LogP contribution >= 0.6 is 23.5 Å². The van der Waals surface area contributed by atoms with Gasteiger partial charge < -0.3 is 14.5 Å². The van der Waals surface area contributed by atoms with Crippen LogP contribution in [0.25, 0.3) is 0 Å². The van der Waals surface area contributed by atoms with E-state index in [0.29, 0.717) is 10.6 Å². The molecular formula is C21H25ClN4OS. The van der Waals surface area contributed by atoms with Crippen LogP contribution in [0.2, 0.25) is 5.02 Å². The maximum absolute atomic E-state index is 13.0. The number of piperidine rings is 1. The smallest absolute Gasteiger partial charge is 0.256 e. The first kappa shape index (κ1) is 19.4. The Hall–Kier alpha value is -1.92. The summed E-state index contributed by atoms with van der Waals surface area (Å²) in [4.78, 5) is 19.8. The zero-order chi connectivity index (χ0) is 19.5. The van der Waals surface area contributed by atoms with Gasteiger partial charge in [-0.1, -0.05) is 11.6 Å². The van der Waals surface area contributed by atoms with Gasteiger partial charge in [-0.25, -0.2) is 4.98 Å². The molecule has 1 amide bonds. The van der Waals surface area contributed by atoms with Gasteiger partial charge in [0.15, 0.2) is 0 Å². The monoisotopic (exact) mass is 416 g/mol. The highest BCUT2D eigenvalue weighted by molar-refractivity contribution is 8.00. The fraction of sp³-hybridized carbons (Fsp3) is 0.429. The van der Waals surface area contributed by atoms with Crippen molar-refractivity contribution < 1.29 is 4.79 Å². The third kappa shape index (κ3) is 4.39. The predicted molar refractivity (Wildman–Crippen MR) is 119 cm³/mol. The van der Waals surface area contributed by atoms with Crippen LogP contribution < -0.4 is 14.5 Å². The number of halogens is 1. The number of anilines is 3. The zero-order valence-electron chi connectivity index (χ0n) is 16.1. The highest BCUT2D eigenvalue weighted by atomic mass is 35.5. The van der Waals surface area contributed by atoms with Crippen molar-refractivity contribution in [3.8, 4) is 0 Å². The predicted octanol–water partition coefficient (Wildman–Crippen LogP) is 5.14. The van der Waals surface area contributed by atoms with Crippen molar-refractivity contribution in [1.82, 2.24) is 4.98 Å². The van der Waals surface area contributed by atoms with Gasteiger partial charge in [0.2, 0.25) is 0 Å². The maximum Gasteiger partial charge on any atom is 0.256 e. The first-order valence-electron chi connectivity index (χ1n) is 9.84. The standard InChI is InChI=1S/C21H25ClN4OS/c1-15-14-23-20(26-8-5-9-28-26)13-19(15)21(27)24-17-10-16(22)11-18(12-17)25-6-3-2-4-7-25/h10-14H,2-9H2,1H3,(H,24,27). The minimum Gasteiger partial charge on any atom is -0.371 e. The Morgan fingerprint density at radius 1 is 1.11 bits per heavy atom. The van der Waals surface area contributed by atoms with Crippen LogP contribution in [0.5, 0.6) is 0 Å². The van der Waals surface area contributed by atoms with Gasteiger partial charge in [0.1, 0.15) is 5.82 Å². The van der Waals surface area contributed by atoms with Gasteiger partial charge in [-0.3, -0.25) is 4.79 Å². The molecule has 3 heterocycles. The van der Waals surface area contributed by atoms with Crippen LogP contribution in [0.15, 0.2) is 30.5 Å². The van der Waals surface area contributed by atoms with E-state index in [1.165, 1.54) is 19.3 Å². The number of aryl methyl sites for hydroxylation is 1. The van der Waals surface area contributed by atoms with Crippen molar-refractivity contribution in [3.05, 3.63) is 46.6 Å². The lowest BCUT2D eigenvalue weighted by Crippen LogP contribution is -2.29. The second-order valence-electron chi connectivity index (χ2n) is 7.35. The van der Waals surface area contributed by atoms with Crippen LogP contribution in [-0.4, -0.2) is 36.3 Å². The Morgan fingerprint density at radius 3 is 2.68 bits per heavy atom. The van der Waals surface area contributed by atoms with Crippen molar-refractivity contribution in [3.63, 3.8) is 0 Å². The van der Waals surface area contributed by atoms with Gasteiger partial charge in [0, 0.05) is 53.5 Å². The quantitative estimate of drug-likeness (QED) is 0.699. The van der Waals surface area contributed by atoms with Gasteiger partial charge in [0.25, 0.3) is 5.91 Å². The highest BCUT2D eigenvalue weighted by Crippen LogP contribution is 2.30. The summed E-state index contributed by atoms with van der Waals surface area (Å²) in [7, 11) is 0. The molecular weight excluding hydrogens is 392 g/mol. The minimum atomic E-state index is -0.128. The molecule has 7 heteroatoms. The number of rotatable bonds is 4. The van der Waals surface area contributed by atoms with Gasteiger partial charge in [-0.15, -0.1) is 0 Å². The molecule has 1 aromatic carbocycles. The van der Waals surface area contributed by atoms with Crippen molar-refractivity contribution in [1.29, 1.82) is 0 Å². The van der Waals surface area contributed by atoms with E-state index < -0.39 is 0 Å². The Balaban J connectivity index is 1.55. The highest BCUT2D eigenvalue weighted by Gasteiger charge is 2.19. The Labute approximate surface area is 175 Å². The molecule has 4 rings (SSSR count). The van der Waals surface area contributed by atoms with Gasteiger partial charge in [-0.05, 0) is 74.4 Å². The number of hydrogen-bond donors (Lipinski definition) is 1. The van der Waals surface area contributed by atoms with E-state index in [2.05, 4.69) is 19.5 Å². The molecule has 2 aliphatic heterocycles. The summed E-state index contributed by atoms with van der Waals surface area (Å²) in [5, 5.41) is 3.67. The van der Waals surface area contributed by atoms with Crippen molar-refractivity contribution in [2.75, 3.05) is 39.9 Å². The number of benzene rings is 1. The normalized spacial score (nSPS) is 17.1. The van der Waals surface area contributed by atoms with Crippen LogP contribution in [-0.2, 0) is 0 Å². The molecule has 2 fully saturated rings. The molecule has 28 heavy (non-hydrogen) atoms. The molecule has 0 bridgehead atoms. The molecule has 2 saturated heterocycles. The summed E-state index contributed by atoms with van der Waals surface area (Å²) >= 11 is 8.11. The second-order valence-corrected chi connectivity index (χ2v) is 8.89. The zero-order valence-corrected chi connectivity index (χ0v) is 17.7. The molecule has 0 spiro atoms. The van der Waals surface area contributed by atoms with Crippen LogP contribution in [0.1, 0.15) is 41.6 Å². The van der Waals surface area contributed by atoms with E-state index in [-0.39, 0.29) is 5.91 Å². The molecule has 5 nitrogen and oxygen atoms in total. The fourth-order valence-electron chi connectivity index (χ4n) is 3.70. The van der Waals surface area contributed by atoms with E-state index in [1.807, 2.05) is 25.1 Å². The first-order valence-corrected chi connectivity index (χ1v) is 11.2. The lowest BCUT2D eigenvalue weighted by atomic mass is 10.1. The topological polar surface area (TPSA) is 48.5 Å². The summed E-state index contributed by atoms with van der Waals surface area (Å²) < 4.78 is 2.16. The van der Waals surface area contributed by atoms with E-state index in [1.54, 1.807) is 24.2 Å². The van der Waals surface area contributed by atoms with E-state index in [4.69, 9.17) is 11.6 Å². The van der Waals surface area contributed by atoms with E-state index >= 15 is 0 Å². The Bertz CT molecular complexity index is 863. The summed E-state index contributed by atoms with van der Waals surface area (Å²) in [5.74, 6) is 1.81. The summed E-state index contributed by atoms with van der Waals surface area (Å²) in [6, 6.07) is 7.69. The SMILES string of the molecule is Cc1cnc(N2CCCS2)cc1C(=O)Nc1cc(Cl)cc(N2CCCCC2)c1. The van der Waals surface area contributed by atoms with Gasteiger partial charge in [0.05, 0.1) is 0 Å². The van der Waals surface area contributed by atoms with Crippen molar-refractivity contribution in [2.24, 2.45) is 0 Å². The molecule has 0 aliphatic carbocycles. The molecule has 0 unspecified atom stereocenters. The fourth-order valence-corrected chi connectivity index (χ4v) is 4.90. The number of nitrogens with zero attached hydrogens (tertiary/aromatic N) is 3. The Morgan fingerprint density at radius 2 is 1.93 bits per heavy atom. The lowest BCUT2D eigenvalue weighted by Gasteiger charge is -2.29. The number of carbonyl (C=O) groups excluding carboxylic acids is 1. The number of carbonyl (C=O) groups is 1. The largest absolute Gasteiger partial charge is 0.371 e. The minimum absolute atomic E-state index is 0.128. The number of nitrogens with one attached hydrogen (secondary N) is 1. The molecule has 0 atom stereocenters. The summed E-state index contributed by atoms with van der Waals surface area (Å²) in [6.45, 7) is 4.96. The molecule has 148 valence electrons. The van der Waals surface area contributed by atoms with E-state index in [9.17, 15) is 4.79 Å². The third-order valence-electron chi connectivity index (χ3n) is 5.20. The van der Waals surface area contributed by atoms with Gasteiger partial charge in [-0.2, -0.15) is 0 Å². The molecule has 1 aromatic heterocycles. The van der Waals surface area contributed by atoms with Crippen LogP contribution in [0.4, 0.5) is 17.2 Å². The third-order valence-corrected chi connectivity index (χ3v) is 6.57. The maximum atomic E-state index is 13.0. The van der Waals surface area contributed by atoms with Crippen LogP contribution in [0.3, 0.4) is 0 Å². The molecule has 0 radical (unpaired) electrons. The van der Waals surface area contributed by atoms with Crippen molar-refractivity contribution >= 4 is 46.6 Å². The average molecular weight is 417 g/mol. The molecule has 0 saturated carbocycles. The van der Waals surface area contributed by atoms with Crippen molar-refractivity contribution in [2.45, 2.75) is 32.6 Å². The molecule has 2 aliphatic rings. The van der Waals surface area contributed by atoms with Gasteiger partial charge >= 0.3 is 0 Å². The van der Waals surface area contributed by atoms with E-state index in [0.717, 1.165) is 54.6 Å². The summed E-state index contributed by atoms with van der Waals surface area (Å²) in [6.07, 6.45) is 6.59. The van der Waals surface area contributed by atoms with Crippen LogP contribution in [0, 0.1) is 6.92 Å².